The first-order valence-corrected chi connectivity index (χ1v) is 9.26. The first-order valence-electron chi connectivity index (χ1n) is 9.26. The minimum atomic E-state index is -0.208. The number of nitrogens with zero attached hydrogens (tertiary/aromatic N) is 3. The molecule has 2 aromatic carbocycles. The van der Waals surface area contributed by atoms with Gasteiger partial charge < -0.3 is 5.32 Å². The van der Waals surface area contributed by atoms with Crippen LogP contribution < -0.4 is 5.32 Å². The number of carbonyl (C=O) groups is 1. The molecule has 5 aromatic rings. The summed E-state index contributed by atoms with van der Waals surface area (Å²) in [5.74, 6) is -0.208. The number of aryl methyl sites for hydroxylation is 1. The number of pyridine rings is 2. The number of aromatic nitrogens is 4. The Bertz CT molecular complexity index is 1360. The predicted molar refractivity (Wildman–Crippen MR) is 114 cm³/mol. The highest BCUT2D eigenvalue weighted by molar-refractivity contribution is 6.15. The average Bonchev–Trinajstić information content (AvgIpc) is 3.27. The van der Waals surface area contributed by atoms with Gasteiger partial charge in [0.1, 0.15) is 0 Å². The zero-order chi connectivity index (χ0) is 19.8. The number of benzene rings is 2. The molecule has 6 nitrogen and oxygen atoms in total. The fraction of sp³-hybridized carbons (Fsp3) is 0.0435. The SMILES string of the molecule is Cc1ccc(NC(=O)c2cc(-c3ccccn3)nc3ccccc23)c2[nH]ncc12. The number of rotatable bonds is 3. The van der Waals surface area contributed by atoms with Crippen molar-refractivity contribution >= 4 is 33.4 Å². The second kappa shape index (κ2) is 6.83. The lowest BCUT2D eigenvalue weighted by Gasteiger charge is -2.11. The molecule has 0 aliphatic rings. The molecule has 3 aromatic heterocycles. The van der Waals surface area contributed by atoms with Crippen molar-refractivity contribution in [1.29, 1.82) is 0 Å². The third kappa shape index (κ3) is 3.00. The van der Waals surface area contributed by atoms with E-state index in [-0.39, 0.29) is 5.91 Å². The summed E-state index contributed by atoms with van der Waals surface area (Å²) < 4.78 is 0. The van der Waals surface area contributed by atoms with Gasteiger partial charge in [-0.05, 0) is 42.8 Å². The van der Waals surface area contributed by atoms with Crippen molar-refractivity contribution in [3.63, 3.8) is 0 Å². The monoisotopic (exact) mass is 379 g/mol. The highest BCUT2D eigenvalue weighted by atomic mass is 16.1. The summed E-state index contributed by atoms with van der Waals surface area (Å²) >= 11 is 0. The Kier molecular flexibility index (Phi) is 4.02. The molecule has 3 heterocycles. The maximum Gasteiger partial charge on any atom is 0.256 e. The van der Waals surface area contributed by atoms with Crippen LogP contribution in [-0.4, -0.2) is 26.1 Å². The molecule has 1 amide bonds. The van der Waals surface area contributed by atoms with E-state index in [2.05, 4.69) is 20.5 Å². The van der Waals surface area contributed by atoms with Gasteiger partial charge in [0.2, 0.25) is 0 Å². The van der Waals surface area contributed by atoms with Crippen molar-refractivity contribution in [2.24, 2.45) is 0 Å². The van der Waals surface area contributed by atoms with Crippen LogP contribution in [0.15, 0.2) is 73.1 Å². The lowest BCUT2D eigenvalue weighted by Crippen LogP contribution is -2.13. The highest BCUT2D eigenvalue weighted by Gasteiger charge is 2.16. The molecule has 140 valence electrons. The highest BCUT2D eigenvalue weighted by Crippen LogP contribution is 2.27. The van der Waals surface area contributed by atoms with Crippen molar-refractivity contribution < 1.29 is 4.79 Å². The number of aromatic amines is 1. The molecule has 0 saturated carbocycles. The van der Waals surface area contributed by atoms with Crippen LogP contribution in [0.4, 0.5) is 5.69 Å². The van der Waals surface area contributed by atoms with Gasteiger partial charge in [0, 0.05) is 17.0 Å². The molecular weight excluding hydrogens is 362 g/mol. The lowest BCUT2D eigenvalue weighted by atomic mass is 10.0. The van der Waals surface area contributed by atoms with Gasteiger partial charge in [-0.1, -0.05) is 30.3 Å². The summed E-state index contributed by atoms with van der Waals surface area (Å²) in [6.07, 6.45) is 3.48. The summed E-state index contributed by atoms with van der Waals surface area (Å²) in [6.45, 7) is 2.01. The quantitative estimate of drug-likeness (QED) is 0.474. The van der Waals surface area contributed by atoms with Crippen molar-refractivity contribution in [3.8, 4) is 11.4 Å². The molecule has 6 heteroatoms. The minimum Gasteiger partial charge on any atom is -0.320 e. The number of nitrogens with one attached hydrogen (secondary N) is 2. The van der Waals surface area contributed by atoms with E-state index in [1.807, 2.05) is 61.5 Å². The van der Waals surface area contributed by atoms with Crippen molar-refractivity contribution in [1.82, 2.24) is 20.2 Å². The fourth-order valence-corrected chi connectivity index (χ4v) is 3.47. The number of para-hydroxylation sites is 1. The second-order valence-electron chi connectivity index (χ2n) is 6.83. The van der Waals surface area contributed by atoms with Crippen molar-refractivity contribution in [3.05, 3.63) is 84.2 Å². The van der Waals surface area contributed by atoms with Crippen LogP contribution in [0.25, 0.3) is 33.2 Å². The van der Waals surface area contributed by atoms with E-state index >= 15 is 0 Å². The van der Waals surface area contributed by atoms with Crippen LogP contribution in [0.3, 0.4) is 0 Å². The number of amides is 1. The molecule has 0 aliphatic carbocycles. The molecule has 0 bridgehead atoms. The van der Waals surface area contributed by atoms with Gasteiger partial charge in [-0.15, -0.1) is 0 Å². The minimum absolute atomic E-state index is 0.208. The molecule has 0 fully saturated rings. The number of fused-ring (bicyclic) bond motifs is 2. The molecule has 0 radical (unpaired) electrons. The normalized spacial score (nSPS) is 11.1. The van der Waals surface area contributed by atoms with Crippen molar-refractivity contribution in [2.75, 3.05) is 5.32 Å². The molecule has 0 saturated heterocycles. The Morgan fingerprint density at radius 1 is 0.966 bits per heavy atom. The third-order valence-electron chi connectivity index (χ3n) is 4.97. The Hall–Kier alpha value is -4.06. The number of carbonyl (C=O) groups excluding carboxylic acids is 1. The van der Waals surface area contributed by atoms with Gasteiger partial charge in [-0.2, -0.15) is 5.10 Å². The number of hydrogen-bond acceptors (Lipinski definition) is 4. The summed E-state index contributed by atoms with van der Waals surface area (Å²) in [6, 6.07) is 18.9. The Morgan fingerprint density at radius 2 is 1.83 bits per heavy atom. The number of H-pyrrole nitrogens is 1. The molecule has 29 heavy (non-hydrogen) atoms. The van der Waals surface area contributed by atoms with Crippen LogP contribution in [-0.2, 0) is 0 Å². The third-order valence-corrected chi connectivity index (χ3v) is 4.97. The Balaban J connectivity index is 1.62. The smallest absolute Gasteiger partial charge is 0.256 e. The standard InChI is InChI=1S/C23H17N5O/c1-14-9-10-20(22-17(14)13-25-28-22)27-23(29)16-12-21(19-8-4-5-11-24-19)26-18-7-3-2-6-15(16)18/h2-13H,1H3,(H,25,28)(H,27,29). The first kappa shape index (κ1) is 17.1. The number of anilines is 1. The van der Waals surface area contributed by atoms with Gasteiger partial charge in [-0.25, -0.2) is 4.98 Å². The summed E-state index contributed by atoms with van der Waals surface area (Å²) in [5.41, 5.74) is 5.26. The van der Waals surface area contributed by atoms with Gasteiger partial charge in [-0.3, -0.25) is 14.9 Å². The predicted octanol–water partition coefficient (Wildman–Crippen LogP) is 4.73. The zero-order valence-electron chi connectivity index (χ0n) is 15.7. The fourth-order valence-electron chi connectivity index (χ4n) is 3.47. The molecular formula is C23H17N5O. The van der Waals surface area contributed by atoms with Crippen molar-refractivity contribution in [2.45, 2.75) is 6.92 Å². The van der Waals surface area contributed by atoms with Crippen LogP contribution in [0.1, 0.15) is 15.9 Å². The zero-order valence-corrected chi connectivity index (χ0v) is 15.7. The molecule has 5 rings (SSSR count). The van der Waals surface area contributed by atoms with E-state index in [9.17, 15) is 4.79 Å². The number of hydrogen-bond donors (Lipinski definition) is 2. The van der Waals surface area contributed by atoms with Gasteiger partial charge in [0.05, 0.1) is 39.9 Å². The lowest BCUT2D eigenvalue weighted by molar-refractivity contribution is 0.102. The molecule has 0 spiro atoms. The molecule has 0 aliphatic heterocycles. The molecule has 2 N–H and O–H groups in total. The average molecular weight is 379 g/mol. The van der Waals surface area contributed by atoms with Gasteiger partial charge >= 0.3 is 0 Å². The first-order chi connectivity index (χ1) is 14.2. The van der Waals surface area contributed by atoms with E-state index in [1.165, 1.54) is 0 Å². The van der Waals surface area contributed by atoms with Gasteiger partial charge in [0.15, 0.2) is 0 Å². The van der Waals surface area contributed by atoms with E-state index in [4.69, 9.17) is 4.98 Å². The van der Waals surface area contributed by atoms with Crippen LogP contribution in [0.5, 0.6) is 0 Å². The summed E-state index contributed by atoms with van der Waals surface area (Å²) in [4.78, 5) is 22.3. The Morgan fingerprint density at radius 3 is 2.69 bits per heavy atom. The largest absolute Gasteiger partial charge is 0.320 e. The topological polar surface area (TPSA) is 83.6 Å². The van der Waals surface area contributed by atoms with Crippen LogP contribution in [0, 0.1) is 6.92 Å². The van der Waals surface area contributed by atoms with Gasteiger partial charge in [0.25, 0.3) is 5.91 Å². The summed E-state index contributed by atoms with van der Waals surface area (Å²) in [7, 11) is 0. The van der Waals surface area contributed by atoms with E-state index in [0.717, 1.165) is 33.1 Å². The van der Waals surface area contributed by atoms with E-state index in [1.54, 1.807) is 18.5 Å². The van der Waals surface area contributed by atoms with E-state index in [0.29, 0.717) is 16.9 Å². The molecule has 0 atom stereocenters. The van der Waals surface area contributed by atoms with Crippen LogP contribution in [0.2, 0.25) is 0 Å². The maximum absolute atomic E-state index is 13.3. The summed E-state index contributed by atoms with van der Waals surface area (Å²) in [5, 5.41) is 11.9. The maximum atomic E-state index is 13.3. The molecule has 0 unspecified atom stereocenters. The van der Waals surface area contributed by atoms with Crippen LogP contribution >= 0.6 is 0 Å². The second-order valence-corrected chi connectivity index (χ2v) is 6.83. The Labute approximate surface area is 166 Å². The van der Waals surface area contributed by atoms with E-state index < -0.39 is 0 Å².